The minimum absolute atomic E-state index is 0.150. The number of Topliss-reactive ketones (excluding diaryl/α,β-unsaturated/α-hetero) is 1. The van der Waals surface area contributed by atoms with Gasteiger partial charge in [0.1, 0.15) is 11.5 Å². The van der Waals surface area contributed by atoms with Gasteiger partial charge in [0, 0.05) is 6.08 Å². The molecule has 0 aliphatic heterocycles. The lowest BCUT2D eigenvalue weighted by Crippen LogP contribution is -2.18. The Bertz CT molecular complexity index is 679. The maximum absolute atomic E-state index is 12.9. The van der Waals surface area contributed by atoms with Gasteiger partial charge in [-0.25, -0.2) is 0 Å². The number of benzene rings is 1. The van der Waals surface area contributed by atoms with Crippen molar-refractivity contribution in [3.8, 4) is 11.5 Å². The zero-order chi connectivity index (χ0) is 18.9. The van der Waals surface area contributed by atoms with Crippen molar-refractivity contribution in [3.63, 3.8) is 0 Å². The molecule has 0 heterocycles. The minimum atomic E-state index is -0.197. The summed E-state index contributed by atoms with van der Waals surface area (Å²) in [7, 11) is 3.00. The molecular weight excluding hydrogens is 348 g/mol. The maximum Gasteiger partial charge on any atom is 0.204 e. The predicted octanol–water partition coefficient (Wildman–Crippen LogP) is 5.45. The summed E-state index contributed by atoms with van der Waals surface area (Å²) in [4.78, 5) is 25.9. The van der Waals surface area contributed by atoms with Gasteiger partial charge < -0.3 is 9.47 Å². The van der Waals surface area contributed by atoms with Crippen LogP contribution in [0.5, 0.6) is 11.5 Å². The molecule has 0 unspecified atom stereocenters. The third-order valence-corrected chi connectivity index (χ3v) is 5.64. The van der Waals surface area contributed by atoms with Gasteiger partial charge in [0.25, 0.3) is 0 Å². The molecule has 2 rings (SSSR count). The molecule has 1 aromatic carbocycles. The summed E-state index contributed by atoms with van der Waals surface area (Å²) in [6.07, 6.45) is 10.1. The van der Waals surface area contributed by atoms with Gasteiger partial charge in [0.15, 0.2) is 5.78 Å². The zero-order valence-corrected chi connectivity index (χ0v) is 16.7. The van der Waals surface area contributed by atoms with Crippen LogP contribution in [0.25, 0.3) is 0 Å². The summed E-state index contributed by atoms with van der Waals surface area (Å²) in [6, 6.07) is 3.33. The average Bonchev–Trinajstić information content (AvgIpc) is 2.66. The first-order valence-electron chi connectivity index (χ1n) is 9.32. The van der Waals surface area contributed by atoms with Crippen molar-refractivity contribution >= 4 is 23.3 Å². The van der Waals surface area contributed by atoms with E-state index in [0.29, 0.717) is 27.5 Å². The van der Waals surface area contributed by atoms with E-state index in [-0.39, 0.29) is 11.6 Å². The molecule has 0 saturated carbocycles. The predicted molar refractivity (Wildman–Crippen MR) is 107 cm³/mol. The molecule has 26 heavy (non-hydrogen) atoms. The van der Waals surface area contributed by atoms with E-state index >= 15 is 0 Å². The quantitative estimate of drug-likeness (QED) is 0.481. The van der Waals surface area contributed by atoms with E-state index in [9.17, 15) is 9.59 Å². The van der Waals surface area contributed by atoms with Crippen LogP contribution in [0.2, 0.25) is 0 Å². The second-order valence-corrected chi connectivity index (χ2v) is 7.53. The van der Waals surface area contributed by atoms with Crippen LogP contribution in [0.15, 0.2) is 23.1 Å². The molecular formula is C21H28O4S. The molecule has 0 amide bonds. The number of hydrogen-bond acceptors (Lipinski definition) is 5. The van der Waals surface area contributed by atoms with Crippen LogP contribution in [-0.4, -0.2) is 31.5 Å². The lowest BCUT2D eigenvalue weighted by atomic mass is 9.93. The number of methoxy groups -OCH3 is 2. The second kappa shape index (κ2) is 10.4. The Morgan fingerprint density at radius 2 is 1.42 bits per heavy atom. The Kier molecular flexibility index (Phi) is 8.23. The van der Waals surface area contributed by atoms with Crippen molar-refractivity contribution < 1.29 is 19.1 Å². The van der Waals surface area contributed by atoms with Gasteiger partial charge >= 0.3 is 0 Å². The van der Waals surface area contributed by atoms with Gasteiger partial charge in [-0.2, -0.15) is 0 Å². The largest absolute Gasteiger partial charge is 0.496 e. The van der Waals surface area contributed by atoms with Crippen molar-refractivity contribution in [2.75, 3.05) is 20.0 Å². The monoisotopic (exact) mass is 376 g/mol. The van der Waals surface area contributed by atoms with E-state index in [0.717, 1.165) is 12.2 Å². The van der Waals surface area contributed by atoms with Gasteiger partial charge in [0.05, 0.1) is 30.3 Å². The number of allylic oxidation sites excluding steroid dienone is 2. The fourth-order valence-electron chi connectivity index (χ4n) is 3.10. The molecule has 0 bridgehead atoms. The van der Waals surface area contributed by atoms with E-state index < -0.39 is 0 Å². The molecule has 142 valence electrons. The summed E-state index contributed by atoms with van der Waals surface area (Å²) in [5, 5.41) is 0. The van der Waals surface area contributed by atoms with Crippen LogP contribution < -0.4 is 9.47 Å². The summed E-state index contributed by atoms with van der Waals surface area (Å²) in [6.45, 7) is 2.22. The number of unbranched alkanes of at least 4 members (excludes halogenated alkanes) is 6. The zero-order valence-electron chi connectivity index (χ0n) is 15.9. The fraction of sp³-hybridized carbons (Fsp3) is 0.524. The number of thioether (sulfide) groups is 1. The Hall–Kier alpha value is -1.75. The second-order valence-electron chi connectivity index (χ2n) is 6.39. The molecule has 0 aromatic heterocycles. The van der Waals surface area contributed by atoms with Gasteiger partial charge in [-0.15, -0.1) is 11.8 Å². The molecule has 5 heteroatoms. The van der Waals surface area contributed by atoms with Gasteiger partial charge in [-0.1, -0.05) is 45.4 Å². The van der Waals surface area contributed by atoms with Crippen LogP contribution in [0, 0.1) is 0 Å². The minimum Gasteiger partial charge on any atom is -0.496 e. The molecule has 1 aliphatic carbocycles. The van der Waals surface area contributed by atoms with E-state index in [1.54, 1.807) is 12.1 Å². The average molecular weight is 377 g/mol. The molecule has 0 radical (unpaired) electrons. The molecule has 0 spiro atoms. The lowest BCUT2D eigenvalue weighted by Gasteiger charge is -2.19. The van der Waals surface area contributed by atoms with Crippen molar-refractivity contribution in [3.05, 3.63) is 34.2 Å². The van der Waals surface area contributed by atoms with Crippen molar-refractivity contribution in [2.24, 2.45) is 0 Å². The number of carbonyl (C=O) groups is 2. The van der Waals surface area contributed by atoms with Gasteiger partial charge in [-0.3, -0.25) is 9.59 Å². The van der Waals surface area contributed by atoms with E-state index in [1.165, 1.54) is 70.6 Å². The van der Waals surface area contributed by atoms with Crippen LogP contribution >= 0.6 is 11.8 Å². The smallest absolute Gasteiger partial charge is 0.204 e. The Morgan fingerprint density at radius 1 is 0.846 bits per heavy atom. The Labute approximate surface area is 160 Å². The standard InChI is InChI=1S/C21H28O4S/c1-4-5-6-7-8-9-10-13-26-18-14-15(22)19-16(24-2)11-12-17(25-3)20(19)21(18)23/h11-12,14H,4-10,13H2,1-3H3. The summed E-state index contributed by atoms with van der Waals surface area (Å²) in [5.74, 6) is 1.33. The lowest BCUT2D eigenvalue weighted by molar-refractivity contribution is 0.0986. The first kappa shape index (κ1) is 20.6. The molecule has 1 aromatic rings. The highest BCUT2D eigenvalue weighted by Gasteiger charge is 2.32. The molecule has 0 fully saturated rings. The van der Waals surface area contributed by atoms with Crippen LogP contribution in [0.3, 0.4) is 0 Å². The van der Waals surface area contributed by atoms with Crippen molar-refractivity contribution in [1.29, 1.82) is 0 Å². The number of ether oxygens (including phenoxy) is 2. The highest BCUT2D eigenvalue weighted by Crippen LogP contribution is 2.38. The number of hydrogen-bond donors (Lipinski definition) is 0. The summed E-state index contributed by atoms with van der Waals surface area (Å²) < 4.78 is 10.6. The van der Waals surface area contributed by atoms with Gasteiger partial charge in [-0.05, 0) is 24.3 Å². The SMILES string of the molecule is CCCCCCCCCSC1=CC(=O)c2c(OC)ccc(OC)c2C1=O. The number of fused-ring (bicyclic) bond motifs is 1. The molecule has 1 aliphatic rings. The normalized spacial score (nSPS) is 13.4. The van der Waals surface area contributed by atoms with Crippen LogP contribution in [0.4, 0.5) is 0 Å². The first-order chi connectivity index (χ1) is 12.6. The van der Waals surface area contributed by atoms with E-state index in [1.807, 2.05) is 0 Å². The van der Waals surface area contributed by atoms with Crippen molar-refractivity contribution in [1.82, 2.24) is 0 Å². The number of carbonyl (C=O) groups excluding carboxylic acids is 2. The van der Waals surface area contributed by atoms with Crippen molar-refractivity contribution in [2.45, 2.75) is 51.9 Å². The highest BCUT2D eigenvalue weighted by atomic mass is 32.2. The third kappa shape index (κ3) is 4.91. The van der Waals surface area contributed by atoms with Gasteiger partial charge in [0.2, 0.25) is 5.78 Å². The highest BCUT2D eigenvalue weighted by molar-refractivity contribution is 8.04. The molecule has 0 N–H and O–H groups in total. The summed E-state index contributed by atoms with van der Waals surface area (Å²) >= 11 is 1.47. The summed E-state index contributed by atoms with van der Waals surface area (Å²) in [5.41, 5.74) is 0.624. The first-order valence-corrected chi connectivity index (χ1v) is 10.3. The molecule has 4 nitrogen and oxygen atoms in total. The van der Waals surface area contributed by atoms with E-state index in [2.05, 4.69) is 6.92 Å². The van der Waals surface area contributed by atoms with E-state index in [4.69, 9.17) is 9.47 Å². The Balaban J connectivity index is 1.98. The topological polar surface area (TPSA) is 52.6 Å². The third-order valence-electron chi connectivity index (χ3n) is 4.53. The Morgan fingerprint density at radius 3 is 2.04 bits per heavy atom. The molecule has 0 atom stereocenters. The maximum atomic E-state index is 12.9. The van der Waals surface area contributed by atoms with Crippen LogP contribution in [-0.2, 0) is 0 Å². The fourth-order valence-corrected chi connectivity index (χ4v) is 4.10. The molecule has 0 saturated heterocycles. The number of ketones is 2. The van der Waals surface area contributed by atoms with Crippen LogP contribution in [0.1, 0.15) is 72.6 Å². The number of rotatable bonds is 11.